The van der Waals surface area contributed by atoms with Crippen LogP contribution < -0.4 is 9.47 Å². The minimum Gasteiger partial charge on any atom is -0.490 e. The van der Waals surface area contributed by atoms with Crippen LogP contribution in [0.1, 0.15) is 63.5 Å². The Balaban J connectivity index is 1.47. The number of rotatable bonds is 9. The van der Waals surface area contributed by atoms with E-state index in [4.69, 9.17) is 9.47 Å². The molecule has 26 heavy (non-hydrogen) atoms. The van der Waals surface area contributed by atoms with Crippen LogP contribution in [0.4, 0.5) is 0 Å². The molecule has 140 valence electrons. The molecule has 0 bridgehead atoms. The van der Waals surface area contributed by atoms with Gasteiger partial charge in [-0.3, -0.25) is 0 Å². The molecule has 2 aromatic rings. The van der Waals surface area contributed by atoms with Crippen LogP contribution in [0.3, 0.4) is 0 Å². The molecule has 0 heterocycles. The molecule has 2 aromatic carbocycles. The standard InChI is InChI=1S/C24H32O2/c1-3-19(4-2)17-20-9-13-22(14-10-20)25-18-21-11-15-24(16-12-21)26-23-7-5-6-8-23/h9-16,19,23H,3-8,17-18H2,1-2H3. The monoisotopic (exact) mass is 352 g/mol. The summed E-state index contributed by atoms with van der Waals surface area (Å²) in [7, 11) is 0. The van der Waals surface area contributed by atoms with Gasteiger partial charge in [0.15, 0.2) is 0 Å². The summed E-state index contributed by atoms with van der Waals surface area (Å²) in [6.07, 6.45) is 9.05. The normalized spacial score (nSPS) is 14.7. The summed E-state index contributed by atoms with van der Waals surface area (Å²) in [6, 6.07) is 16.9. The lowest BCUT2D eigenvalue weighted by Crippen LogP contribution is -2.10. The van der Waals surface area contributed by atoms with E-state index < -0.39 is 0 Å². The zero-order valence-corrected chi connectivity index (χ0v) is 16.2. The third-order valence-electron chi connectivity index (χ3n) is 5.54. The van der Waals surface area contributed by atoms with Gasteiger partial charge in [-0.15, -0.1) is 0 Å². The molecule has 0 amide bonds. The molecular formula is C24H32O2. The molecule has 1 fully saturated rings. The van der Waals surface area contributed by atoms with Gasteiger partial charge >= 0.3 is 0 Å². The zero-order valence-electron chi connectivity index (χ0n) is 16.2. The van der Waals surface area contributed by atoms with E-state index in [0.717, 1.165) is 23.8 Å². The van der Waals surface area contributed by atoms with Gasteiger partial charge in [-0.25, -0.2) is 0 Å². The topological polar surface area (TPSA) is 18.5 Å². The van der Waals surface area contributed by atoms with Crippen molar-refractivity contribution in [3.63, 3.8) is 0 Å². The second-order valence-electron chi connectivity index (χ2n) is 7.49. The van der Waals surface area contributed by atoms with Crippen molar-refractivity contribution in [2.24, 2.45) is 5.92 Å². The minimum absolute atomic E-state index is 0.413. The summed E-state index contributed by atoms with van der Waals surface area (Å²) in [5, 5.41) is 0. The first-order valence-electron chi connectivity index (χ1n) is 10.2. The van der Waals surface area contributed by atoms with Crippen LogP contribution in [0.15, 0.2) is 48.5 Å². The Hall–Kier alpha value is -1.96. The highest BCUT2D eigenvalue weighted by atomic mass is 16.5. The third kappa shape index (κ3) is 5.52. The van der Waals surface area contributed by atoms with Gasteiger partial charge in [0.25, 0.3) is 0 Å². The molecule has 2 nitrogen and oxygen atoms in total. The fourth-order valence-corrected chi connectivity index (χ4v) is 3.66. The molecule has 0 saturated heterocycles. The predicted molar refractivity (Wildman–Crippen MR) is 108 cm³/mol. The molecule has 0 N–H and O–H groups in total. The highest BCUT2D eigenvalue weighted by Crippen LogP contribution is 2.24. The van der Waals surface area contributed by atoms with Crippen LogP contribution in [-0.4, -0.2) is 6.10 Å². The van der Waals surface area contributed by atoms with E-state index in [1.165, 1.54) is 49.7 Å². The van der Waals surface area contributed by atoms with E-state index >= 15 is 0 Å². The van der Waals surface area contributed by atoms with Crippen LogP contribution >= 0.6 is 0 Å². The number of hydrogen-bond donors (Lipinski definition) is 0. The van der Waals surface area contributed by atoms with E-state index in [1.54, 1.807) is 0 Å². The van der Waals surface area contributed by atoms with Crippen LogP contribution in [-0.2, 0) is 13.0 Å². The highest BCUT2D eigenvalue weighted by molar-refractivity contribution is 5.30. The van der Waals surface area contributed by atoms with Gasteiger partial charge in [-0.1, -0.05) is 51.0 Å². The quantitative estimate of drug-likeness (QED) is 0.508. The van der Waals surface area contributed by atoms with Crippen molar-refractivity contribution in [1.82, 2.24) is 0 Å². The lowest BCUT2D eigenvalue weighted by molar-refractivity contribution is 0.210. The van der Waals surface area contributed by atoms with Gasteiger partial charge in [0.1, 0.15) is 18.1 Å². The molecule has 2 heteroatoms. The van der Waals surface area contributed by atoms with E-state index in [1.807, 2.05) is 0 Å². The van der Waals surface area contributed by atoms with Crippen molar-refractivity contribution in [3.8, 4) is 11.5 Å². The van der Waals surface area contributed by atoms with Gasteiger partial charge < -0.3 is 9.47 Å². The summed E-state index contributed by atoms with van der Waals surface area (Å²) in [6.45, 7) is 5.14. The van der Waals surface area contributed by atoms with Crippen molar-refractivity contribution >= 4 is 0 Å². The summed E-state index contributed by atoms with van der Waals surface area (Å²) in [5.74, 6) is 2.70. The van der Waals surface area contributed by atoms with Crippen molar-refractivity contribution < 1.29 is 9.47 Å². The molecule has 0 aromatic heterocycles. The number of ether oxygens (including phenoxy) is 2. The SMILES string of the molecule is CCC(CC)Cc1ccc(OCc2ccc(OC3CCCC3)cc2)cc1. The molecule has 3 rings (SSSR count). The highest BCUT2D eigenvalue weighted by Gasteiger charge is 2.16. The first-order valence-corrected chi connectivity index (χ1v) is 10.2. The van der Waals surface area contributed by atoms with Gasteiger partial charge in [-0.05, 0) is 73.4 Å². The molecule has 1 aliphatic rings. The fourth-order valence-electron chi connectivity index (χ4n) is 3.66. The lowest BCUT2D eigenvalue weighted by Gasteiger charge is -2.14. The Morgan fingerprint density at radius 3 is 2.00 bits per heavy atom. The van der Waals surface area contributed by atoms with Crippen molar-refractivity contribution in [3.05, 3.63) is 59.7 Å². The first-order chi connectivity index (χ1) is 12.8. The van der Waals surface area contributed by atoms with Gasteiger partial charge in [0.2, 0.25) is 0 Å². The maximum atomic E-state index is 6.02. The zero-order chi connectivity index (χ0) is 18.2. The lowest BCUT2D eigenvalue weighted by atomic mass is 9.95. The maximum absolute atomic E-state index is 6.02. The predicted octanol–water partition coefficient (Wildman–Crippen LogP) is 6.57. The molecular weight excluding hydrogens is 320 g/mol. The molecule has 1 saturated carbocycles. The molecule has 1 aliphatic carbocycles. The Morgan fingerprint density at radius 2 is 1.38 bits per heavy atom. The Kier molecular flexibility index (Phi) is 6.99. The van der Waals surface area contributed by atoms with Crippen molar-refractivity contribution in [2.75, 3.05) is 0 Å². The van der Waals surface area contributed by atoms with Crippen molar-refractivity contribution in [2.45, 2.75) is 71.5 Å². The maximum Gasteiger partial charge on any atom is 0.119 e. The summed E-state index contributed by atoms with van der Waals surface area (Å²) in [4.78, 5) is 0. The smallest absolute Gasteiger partial charge is 0.119 e. The molecule has 0 spiro atoms. The fraction of sp³-hybridized carbons (Fsp3) is 0.500. The molecule has 0 radical (unpaired) electrons. The Labute approximate surface area is 158 Å². The van der Waals surface area contributed by atoms with E-state index in [9.17, 15) is 0 Å². The first kappa shape index (κ1) is 18.8. The van der Waals surface area contributed by atoms with Crippen molar-refractivity contribution in [1.29, 1.82) is 0 Å². The number of benzene rings is 2. The summed E-state index contributed by atoms with van der Waals surface area (Å²) >= 11 is 0. The number of hydrogen-bond acceptors (Lipinski definition) is 2. The molecule has 0 aliphatic heterocycles. The summed E-state index contributed by atoms with van der Waals surface area (Å²) < 4.78 is 12.0. The largest absolute Gasteiger partial charge is 0.490 e. The molecule has 0 atom stereocenters. The molecule has 0 unspecified atom stereocenters. The second kappa shape index (κ2) is 9.66. The van der Waals surface area contributed by atoms with Gasteiger partial charge in [-0.2, -0.15) is 0 Å². The van der Waals surface area contributed by atoms with Crippen LogP contribution in [0.25, 0.3) is 0 Å². The van der Waals surface area contributed by atoms with E-state index in [0.29, 0.717) is 12.7 Å². The third-order valence-corrected chi connectivity index (χ3v) is 5.54. The van der Waals surface area contributed by atoms with Crippen LogP contribution in [0.5, 0.6) is 11.5 Å². The Bertz CT molecular complexity index is 587. The van der Waals surface area contributed by atoms with Gasteiger partial charge in [0, 0.05) is 0 Å². The van der Waals surface area contributed by atoms with Gasteiger partial charge in [0.05, 0.1) is 6.10 Å². The average molecular weight is 353 g/mol. The summed E-state index contributed by atoms with van der Waals surface area (Å²) in [5.41, 5.74) is 2.57. The van der Waals surface area contributed by atoms with Crippen LogP contribution in [0, 0.1) is 5.92 Å². The van der Waals surface area contributed by atoms with E-state index in [-0.39, 0.29) is 0 Å². The minimum atomic E-state index is 0.413. The van der Waals surface area contributed by atoms with Crippen LogP contribution in [0.2, 0.25) is 0 Å². The average Bonchev–Trinajstić information content (AvgIpc) is 3.19. The second-order valence-corrected chi connectivity index (χ2v) is 7.49. The van der Waals surface area contributed by atoms with E-state index in [2.05, 4.69) is 62.4 Å². The Morgan fingerprint density at radius 1 is 0.808 bits per heavy atom.